The van der Waals surface area contributed by atoms with Gasteiger partial charge < -0.3 is 9.80 Å². The molecule has 7 heteroatoms. The molecule has 0 radical (unpaired) electrons. The summed E-state index contributed by atoms with van der Waals surface area (Å²) in [5.41, 5.74) is 0. The molecule has 102 valence electrons. The third-order valence-electron chi connectivity index (χ3n) is 2.02. The van der Waals surface area contributed by atoms with E-state index in [2.05, 4.69) is 9.98 Å². The molecule has 0 aliphatic rings. The molecule has 0 aromatic carbocycles. The minimum atomic E-state index is -0.314. The summed E-state index contributed by atoms with van der Waals surface area (Å²) in [7, 11) is 6.55. The number of aliphatic imine (C=N–C) groups is 2. The summed E-state index contributed by atoms with van der Waals surface area (Å²) in [4.78, 5) is 34.5. The molecule has 1 aromatic heterocycles. The summed E-state index contributed by atoms with van der Waals surface area (Å²) in [6.45, 7) is 0. The number of carbonyl (C=O) groups is 2. The van der Waals surface area contributed by atoms with E-state index in [4.69, 9.17) is 0 Å². The van der Waals surface area contributed by atoms with Gasteiger partial charge in [-0.05, 0) is 12.1 Å². The first-order valence-corrected chi connectivity index (χ1v) is 6.32. The molecule has 0 N–H and O–H groups in total. The molecule has 6 nitrogen and oxygen atoms in total. The second-order valence-corrected chi connectivity index (χ2v) is 5.26. The Morgan fingerprint density at radius 2 is 1.32 bits per heavy atom. The normalized spacial score (nSPS) is 11.2. The highest BCUT2D eigenvalue weighted by Crippen LogP contribution is 2.12. The van der Waals surface area contributed by atoms with Crippen LogP contribution in [-0.2, 0) is 0 Å². The lowest BCUT2D eigenvalue weighted by Gasteiger charge is -2.03. The molecule has 0 saturated carbocycles. The summed E-state index contributed by atoms with van der Waals surface area (Å²) < 4.78 is 0. The third kappa shape index (κ3) is 5.01. The van der Waals surface area contributed by atoms with Gasteiger partial charge in [-0.2, -0.15) is 0 Å². The quantitative estimate of drug-likeness (QED) is 0.777. The fourth-order valence-electron chi connectivity index (χ4n) is 0.976. The van der Waals surface area contributed by atoms with Crippen molar-refractivity contribution in [1.82, 2.24) is 9.80 Å². The predicted octanol–water partition coefficient (Wildman–Crippen LogP) is 1.95. The summed E-state index contributed by atoms with van der Waals surface area (Å²) in [5, 5.41) is 0. The summed E-state index contributed by atoms with van der Waals surface area (Å²) >= 11 is 1.40. The monoisotopic (exact) mass is 280 g/mol. The van der Waals surface area contributed by atoms with Gasteiger partial charge in [0.2, 0.25) is 0 Å². The maximum absolute atomic E-state index is 11.3. The summed E-state index contributed by atoms with van der Waals surface area (Å²) in [6.07, 6.45) is 3.00. The summed E-state index contributed by atoms with van der Waals surface area (Å²) in [6, 6.07) is 3.01. The van der Waals surface area contributed by atoms with E-state index in [1.807, 2.05) is 12.1 Å². The average Bonchev–Trinajstić information content (AvgIpc) is 2.80. The molecule has 0 fully saturated rings. The smallest absolute Gasteiger partial charge is 0.329 e. The summed E-state index contributed by atoms with van der Waals surface area (Å²) in [5.74, 6) is 0. The van der Waals surface area contributed by atoms with Crippen LogP contribution < -0.4 is 0 Å². The van der Waals surface area contributed by atoms with Crippen molar-refractivity contribution < 1.29 is 9.59 Å². The number of carbonyl (C=O) groups excluding carboxylic acids is 2. The van der Waals surface area contributed by atoms with E-state index < -0.39 is 0 Å². The third-order valence-corrected chi connectivity index (χ3v) is 2.97. The van der Waals surface area contributed by atoms with Crippen molar-refractivity contribution in [2.75, 3.05) is 28.2 Å². The average molecular weight is 280 g/mol. The number of nitrogens with zero attached hydrogens (tertiary/aromatic N) is 4. The zero-order valence-electron chi connectivity index (χ0n) is 11.3. The Morgan fingerprint density at radius 3 is 1.63 bits per heavy atom. The van der Waals surface area contributed by atoms with Gasteiger partial charge in [0.25, 0.3) is 0 Å². The standard InChI is InChI=1S/C12H16N4O2S/c1-15(2)11(17)13-7-9-5-6-10(19-9)8-14-12(18)16(3)4/h5-8H,1-4H3/b13-7+,14-8+. The van der Waals surface area contributed by atoms with Crippen molar-refractivity contribution in [1.29, 1.82) is 0 Å². The highest BCUT2D eigenvalue weighted by molar-refractivity contribution is 7.15. The predicted molar refractivity (Wildman–Crippen MR) is 77.7 cm³/mol. The Labute approximate surface area is 116 Å². The van der Waals surface area contributed by atoms with Crippen LogP contribution in [-0.4, -0.2) is 62.5 Å². The van der Waals surface area contributed by atoms with Crippen LogP contribution >= 0.6 is 11.3 Å². The number of amides is 4. The lowest BCUT2D eigenvalue weighted by Crippen LogP contribution is -2.17. The molecular formula is C12H16N4O2S. The first kappa shape index (κ1) is 15.0. The second kappa shape index (κ2) is 6.79. The van der Waals surface area contributed by atoms with Crippen molar-refractivity contribution >= 4 is 35.8 Å². The molecule has 0 atom stereocenters. The molecule has 0 aliphatic carbocycles. The first-order valence-electron chi connectivity index (χ1n) is 5.50. The molecule has 0 saturated heterocycles. The molecule has 19 heavy (non-hydrogen) atoms. The van der Waals surface area contributed by atoms with Crippen molar-refractivity contribution in [3.63, 3.8) is 0 Å². The van der Waals surface area contributed by atoms with Crippen LogP contribution in [0.4, 0.5) is 9.59 Å². The van der Waals surface area contributed by atoms with E-state index in [1.165, 1.54) is 33.6 Å². The molecule has 1 aromatic rings. The second-order valence-electron chi connectivity index (χ2n) is 4.11. The van der Waals surface area contributed by atoms with E-state index in [1.54, 1.807) is 28.2 Å². The molecule has 1 heterocycles. The molecule has 0 spiro atoms. The zero-order valence-corrected chi connectivity index (χ0v) is 12.1. The van der Waals surface area contributed by atoms with Crippen molar-refractivity contribution in [2.24, 2.45) is 9.98 Å². The lowest BCUT2D eigenvalue weighted by atomic mass is 10.4. The number of hydrogen-bond acceptors (Lipinski definition) is 3. The van der Waals surface area contributed by atoms with Gasteiger partial charge in [-0.15, -0.1) is 11.3 Å². The molecule has 0 bridgehead atoms. The van der Waals surface area contributed by atoms with E-state index in [-0.39, 0.29) is 12.1 Å². The Morgan fingerprint density at radius 1 is 0.947 bits per heavy atom. The number of rotatable bonds is 2. The van der Waals surface area contributed by atoms with E-state index in [0.29, 0.717) is 0 Å². The van der Waals surface area contributed by atoms with Crippen LogP contribution in [0.25, 0.3) is 0 Å². The van der Waals surface area contributed by atoms with Gasteiger partial charge in [-0.1, -0.05) is 0 Å². The van der Waals surface area contributed by atoms with Gasteiger partial charge in [-0.3, -0.25) is 0 Å². The minimum Gasteiger partial charge on any atom is -0.329 e. The first-order chi connectivity index (χ1) is 8.90. The van der Waals surface area contributed by atoms with Crippen molar-refractivity contribution in [3.8, 4) is 0 Å². The van der Waals surface area contributed by atoms with Crippen molar-refractivity contribution in [2.45, 2.75) is 0 Å². The van der Waals surface area contributed by atoms with Gasteiger partial charge in [-0.25, -0.2) is 19.6 Å². The Hall–Kier alpha value is -2.02. The van der Waals surface area contributed by atoms with Gasteiger partial charge in [0.05, 0.1) is 0 Å². The van der Waals surface area contributed by atoms with Crippen LogP contribution in [0.3, 0.4) is 0 Å². The highest BCUT2D eigenvalue weighted by Gasteiger charge is 2.01. The van der Waals surface area contributed by atoms with Crippen LogP contribution in [0.5, 0.6) is 0 Å². The van der Waals surface area contributed by atoms with Gasteiger partial charge in [0, 0.05) is 50.4 Å². The van der Waals surface area contributed by atoms with Crippen LogP contribution in [0.15, 0.2) is 22.1 Å². The van der Waals surface area contributed by atoms with E-state index in [0.717, 1.165) is 9.75 Å². The largest absolute Gasteiger partial charge is 0.343 e. The molecule has 4 amide bonds. The molecular weight excluding hydrogens is 264 g/mol. The van der Waals surface area contributed by atoms with Crippen LogP contribution in [0, 0.1) is 0 Å². The topological polar surface area (TPSA) is 65.3 Å². The number of thiophene rings is 1. The van der Waals surface area contributed by atoms with E-state index >= 15 is 0 Å². The molecule has 1 rings (SSSR count). The van der Waals surface area contributed by atoms with E-state index in [9.17, 15) is 9.59 Å². The minimum absolute atomic E-state index is 0.314. The molecule has 0 aliphatic heterocycles. The van der Waals surface area contributed by atoms with Gasteiger partial charge in [0.15, 0.2) is 0 Å². The SMILES string of the molecule is CN(C)C(=O)/N=C/c1ccc(/C=N/C(=O)N(C)C)s1. The van der Waals surface area contributed by atoms with Crippen molar-refractivity contribution in [3.05, 3.63) is 21.9 Å². The zero-order chi connectivity index (χ0) is 14.4. The van der Waals surface area contributed by atoms with Crippen LogP contribution in [0.2, 0.25) is 0 Å². The Balaban J connectivity index is 2.68. The Bertz CT molecular complexity index is 473. The highest BCUT2D eigenvalue weighted by atomic mass is 32.1. The number of urea groups is 2. The lowest BCUT2D eigenvalue weighted by molar-refractivity contribution is 0.226. The molecule has 0 unspecified atom stereocenters. The Kier molecular flexibility index (Phi) is 5.37. The fraction of sp³-hybridized carbons (Fsp3) is 0.333. The van der Waals surface area contributed by atoms with Crippen LogP contribution in [0.1, 0.15) is 9.75 Å². The van der Waals surface area contributed by atoms with Gasteiger partial charge in [0.1, 0.15) is 0 Å². The number of hydrogen-bond donors (Lipinski definition) is 0. The van der Waals surface area contributed by atoms with Gasteiger partial charge >= 0.3 is 12.1 Å². The fourth-order valence-corrected chi connectivity index (χ4v) is 1.73. The maximum atomic E-state index is 11.3. The maximum Gasteiger partial charge on any atom is 0.343 e.